The molecule has 1 aromatic heterocycles. The zero-order chi connectivity index (χ0) is 25.6. The van der Waals surface area contributed by atoms with Crippen LogP contribution in [0, 0.1) is 0 Å². The number of benzene rings is 4. The molecule has 4 aromatic carbocycles. The van der Waals surface area contributed by atoms with E-state index in [1.807, 2.05) is 0 Å². The Labute approximate surface area is 222 Å². The lowest BCUT2D eigenvalue weighted by atomic mass is 10.0. The zero-order valence-corrected chi connectivity index (χ0v) is 24.1. The fourth-order valence-corrected chi connectivity index (χ4v) is 13.4. The van der Waals surface area contributed by atoms with Gasteiger partial charge in [0, 0.05) is 11.8 Å². The van der Waals surface area contributed by atoms with Gasteiger partial charge in [0.25, 0.3) is 0 Å². The molecular weight excluding hydrogens is 479 g/mol. The van der Waals surface area contributed by atoms with Crippen LogP contribution in [0.3, 0.4) is 0 Å². The molecule has 0 aliphatic carbocycles. The van der Waals surface area contributed by atoms with E-state index in [1.165, 1.54) is 48.2 Å². The summed E-state index contributed by atoms with van der Waals surface area (Å²) in [6, 6.07) is 40.8. The van der Waals surface area contributed by atoms with E-state index in [2.05, 4.69) is 142 Å². The number of hydrogen-bond donors (Lipinski definition) is 0. The molecule has 0 fully saturated rings. The molecule has 1 nitrogen and oxygen atoms in total. The second kappa shape index (κ2) is 9.09. The third-order valence-electron chi connectivity index (χ3n) is 7.93. The Morgan fingerprint density at radius 3 is 1.84 bits per heavy atom. The van der Waals surface area contributed by atoms with E-state index in [9.17, 15) is 0 Å². The Bertz CT molecular complexity index is 1540. The number of aromatic nitrogens is 1. The molecule has 0 saturated carbocycles. The largest absolute Gasteiger partial charge is 0.256 e. The van der Waals surface area contributed by atoms with Crippen LogP contribution in [0.4, 0.5) is 0 Å². The zero-order valence-electron chi connectivity index (χ0n) is 22.1. The molecule has 5 aromatic rings. The number of fused-ring (bicyclic) bond motifs is 3. The Hall–Kier alpha value is -3.54. The van der Waals surface area contributed by atoms with E-state index in [0.717, 1.165) is 12.1 Å². The van der Waals surface area contributed by atoms with Gasteiger partial charge in [0.2, 0.25) is 0 Å². The second-order valence-corrected chi connectivity index (χ2v) is 19.8. The van der Waals surface area contributed by atoms with Gasteiger partial charge in [-0.25, -0.2) is 0 Å². The van der Waals surface area contributed by atoms with Gasteiger partial charge in [0.05, 0.1) is 13.8 Å². The van der Waals surface area contributed by atoms with Crippen LogP contribution in [0.1, 0.15) is 12.5 Å². The first-order valence-electron chi connectivity index (χ1n) is 13.3. The summed E-state index contributed by atoms with van der Waals surface area (Å²) in [5, 5.41) is 7.28. The van der Waals surface area contributed by atoms with Gasteiger partial charge in [-0.15, -0.1) is 0 Å². The Morgan fingerprint density at radius 1 is 0.649 bits per heavy atom. The summed E-state index contributed by atoms with van der Waals surface area (Å²) in [5.74, 6) is 0. The Balaban J connectivity index is 1.74. The standard InChI is InChI=1S/C34H33NSi2/c1-5-25-23-31(35-24-33(25)36(2,3)4)30-21-14-20-29-28-19-12-13-22-32(28)37(34(29)30,26-15-8-6-9-16-26)27-17-10-7-11-18-27/h6-24H,5H2,1-4H3. The van der Waals surface area contributed by atoms with Crippen molar-refractivity contribution in [3.8, 4) is 22.4 Å². The van der Waals surface area contributed by atoms with Gasteiger partial charge in [-0.2, -0.15) is 0 Å². The SMILES string of the molecule is CCc1cc(-c2cccc3c2[Si](c2ccccc2)(c2ccccc2)c2ccccc2-3)ncc1[Si](C)(C)C. The predicted molar refractivity (Wildman–Crippen MR) is 165 cm³/mol. The van der Waals surface area contributed by atoms with Crippen molar-refractivity contribution < 1.29 is 0 Å². The maximum atomic E-state index is 5.17. The van der Waals surface area contributed by atoms with Crippen LogP contribution in [-0.2, 0) is 6.42 Å². The highest BCUT2D eigenvalue weighted by Crippen LogP contribution is 2.33. The van der Waals surface area contributed by atoms with E-state index in [4.69, 9.17) is 4.98 Å². The maximum Gasteiger partial charge on any atom is 0.181 e. The van der Waals surface area contributed by atoms with E-state index in [-0.39, 0.29) is 0 Å². The van der Waals surface area contributed by atoms with E-state index in [0.29, 0.717) is 0 Å². The minimum Gasteiger partial charge on any atom is -0.256 e. The van der Waals surface area contributed by atoms with Gasteiger partial charge in [-0.3, -0.25) is 4.98 Å². The molecule has 0 N–H and O–H groups in total. The molecule has 0 radical (unpaired) electrons. The van der Waals surface area contributed by atoms with Crippen molar-refractivity contribution in [3.05, 3.63) is 121 Å². The Kier molecular flexibility index (Phi) is 5.86. The third kappa shape index (κ3) is 3.68. The predicted octanol–water partition coefficient (Wildman–Crippen LogP) is 5.21. The molecule has 2 heterocycles. The number of aryl methyl sites for hydroxylation is 1. The fraction of sp³-hybridized carbons (Fsp3) is 0.147. The van der Waals surface area contributed by atoms with Gasteiger partial charge in [-0.05, 0) is 55.1 Å². The van der Waals surface area contributed by atoms with Crippen LogP contribution in [0.15, 0.2) is 115 Å². The number of pyridine rings is 1. The van der Waals surface area contributed by atoms with Crippen molar-refractivity contribution in [2.75, 3.05) is 0 Å². The highest BCUT2D eigenvalue weighted by Gasteiger charge is 2.50. The summed E-state index contributed by atoms with van der Waals surface area (Å²) in [6.45, 7) is 9.54. The quantitative estimate of drug-likeness (QED) is 0.290. The minimum absolute atomic E-state index is 1.03. The summed E-state index contributed by atoms with van der Waals surface area (Å²) in [4.78, 5) is 5.17. The molecule has 3 heteroatoms. The molecule has 0 saturated heterocycles. The van der Waals surface area contributed by atoms with Crippen LogP contribution in [-0.4, -0.2) is 21.1 Å². The van der Waals surface area contributed by atoms with Crippen LogP contribution in [0.2, 0.25) is 19.6 Å². The summed E-state index contributed by atoms with van der Waals surface area (Å²) < 4.78 is 0. The van der Waals surface area contributed by atoms with Gasteiger partial charge in [0.15, 0.2) is 8.07 Å². The van der Waals surface area contributed by atoms with Crippen molar-refractivity contribution in [2.24, 2.45) is 0 Å². The normalized spacial score (nSPS) is 13.7. The Morgan fingerprint density at radius 2 is 1.22 bits per heavy atom. The van der Waals surface area contributed by atoms with E-state index >= 15 is 0 Å². The average Bonchev–Trinajstić information content (AvgIpc) is 3.24. The lowest BCUT2D eigenvalue weighted by molar-refractivity contribution is 1.13. The van der Waals surface area contributed by atoms with E-state index in [1.54, 1.807) is 0 Å². The smallest absolute Gasteiger partial charge is 0.181 e. The molecule has 182 valence electrons. The first kappa shape index (κ1) is 23.8. The highest BCUT2D eigenvalue weighted by molar-refractivity contribution is 7.22. The third-order valence-corrected chi connectivity index (χ3v) is 14.9. The topological polar surface area (TPSA) is 12.9 Å². The summed E-state index contributed by atoms with van der Waals surface area (Å²) in [5.41, 5.74) is 6.57. The lowest BCUT2D eigenvalue weighted by Crippen LogP contribution is -2.73. The summed E-state index contributed by atoms with van der Waals surface area (Å²) in [6.07, 6.45) is 3.22. The molecule has 1 aliphatic heterocycles. The van der Waals surface area contributed by atoms with Crippen molar-refractivity contribution in [1.29, 1.82) is 0 Å². The fourth-order valence-electron chi connectivity index (χ4n) is 6.33. The van der Waals surface area contributed by atoms with Gasteiger partial charge < -0.3 is 0 Å². The average molecular weight is 512 g/mol. The van der Waals surface area contributed by atoms with E-state index < -0.39 is 16.1 Å². The molecule has 0 atom stereocenters. The molecular formula is C34H33NSi2. The summed E-state index contributed by atoms with van der Waals surface area (Å²) in [7, 11) is -4.04. The maximum absolute atomic E-state index is 5.17. The van der Waals surface area contributed by atoms with Crippen molar-refractivity contribution in [2.45, 2.75) is 33.0 Å². The van der Waals surface area contributed by atoms with Crippen molar-refractivity contribution >= 4 is 42.1 Å². The molecule has 0 amide bonds. The van der Waals surface area contributed by atoms with Crippen molar-refractivity contribution in [1.82, 2.24) is 4.98 Å². The van der Waals surface area contributed by atoms with Crippen LogP contribution in [0.5, 0.6) is 0 Å². The number of nitrogens with zero attached hydrogens (tertiary/aromatic N) is 1. The molecule has 1 aliphatic rings. The molecule has 6 rings (SSSR count). The highest BCUT2D eigenvalue weighted by atomic mass is 28.3. The molecule has 0 bridgehead atoms. The monoisotopic (exact) mass is 511 g/mol. The minimum atomic E-state index is -2.56. The van der Waals surface area contributed by atoms with Crippen LogP contribution >= 0.6 is 0 Å². The van der Waals surface area contributed by atoms with Gasteiger partial charge >= 0.3 is 0 Å². The number of rotatable bonds is 5. The van der Waals surface area contributed by atoms with Crippen LogP contribution < -0.4 is 25.9 Å². The molecule has 0 unspecified atom stereocenters. The van der Waals surface area contributed by atoms with Crippen molar-refractivity contribution in [3.63, 3.8) is 0 Å². The summed E-state index contributed by atoms with van der Waals surface area (Å²) >= 11 is 0. The molecule has 37 heavy (non-hydrogen) atoms. The number of hydrogen-bond acceptors (Lipinski definition) is 1. The first-order chi connectivity index (χ1) is 18.0. The van der Waals surface area contributed by atoms with Gasteiger partial charge in [0.1, 0.15) is 0 Å². The second-order valence-electron chi connectivity index (χ2n) is 11.1. The lowest BCUT2D eigenvalue weighted by Gasteiger charge is -2.33. The van der Waals surface area contributed by atoms with Crippen LogP contribution in [0.25, 0.3) is 22.4 Å². The molecule has 0 spiro atoms. The first-order valence-corrected chi connectivity index (χ1v) is 18.8. The van der Waals surface area contributed by atoms with Gasteiger partial charge in [-0.1, -0.05) is 130 Å².